The van der Waals surface area contributed by atoms with E-state index in [2.05, 4.69) is 16.8 Å². The number of Topliss-reactive ketones (excluding diaryl/α,β-unsaturated/α-hetero) is 1. The summed E-state index contributed by atoms with van der Waals surface area (Å²) in [5.41, 5.74) is 0.950. The van der Waals surface area contributed by atoms with Gasteiger partial charge in [-0.15, -0.1) is 0 Å². The molecule has 1 amide bonds. The summed E-state index contributed by atoms with van der Waals surface area (Å²) >= 11 is 0. The van der Waals surface area contributed by atoms with Gasteiger partial charge < -0.3 is 9.80 Å². The number of rotatable bonds is 3. The number of carbonyl (C=O) groups excluding carboxylic acids is 2. The van der Waals surface area contributed by atoms with Crippen LogP contribution in [0.25, 0.3) is 0 Å². The molecule has 5 heteroatoms. The number of anilines is 1. The smallest absolute Gasteiger partial charge is 0.222 e. The molecule has 0 bridgehead atoms. The van der Waals surface area contributed by atoms with Crippen LogP contribution in [0.4, 0.5) is 5.82 Å². The van der Waals surface area contributed by atoms with Crippen molar-refractivity contribution in [2.75, 3.05) is 31.1 Å². The van der Waals surface area contributed by atoms with Crippen LogP contribution in [0.5, 0.6) is 0 Å². The molecule has 0 unspecified atom stereocenters. The van der Waals surface area contributed by atoms with Crippen molar-refractivity contribution in [2.24, 2.45) is 5.41 Å². The third-order valence-electron chi connectivity index (χ3n) is 5.43. The van der Waals surface area contributed by atoms with E-state index in [9.17, 15) is 9.59 Å². The Bertz CT molecular complexity index is 589. The highest BCUT2D eigenvalue weighted by atomic mass is 16.2. The summed E-state index contributed by atoms with van der Waals surface area (Å²) < 4.78 is 0. The van der Waals surface area contributed by atoms with Gasteiger partial charge in [-0.25, -0.2) is 4.98 Å². The Morgan fingerprint density at radius 2 is 2.00 bits per heavy atom. The topological polar surface area (TPSA) is 53.5 Å². The average Bonchev–Trinajstić information content (AvgIpc) is 2.58. The largest absolute Gasteiger partial charge is 0.357 e. The van der Waals surface area contributed by atoms with Gasteiger partial charge in [0, 0.05) is 44.4 Å². The van der Waals surface area contributed by atoms with E-state index < -0.39 is 0 Å². The maximum atomic E-state index is 11.9. The number of piperidine rings is 2. The van der Waals surface area contributed by atoms with Gasteiger partial charge in [0.2, 0.25) is 5.91 Å². The van der Waals surface area contributed by atoms with Gasteiger partial charge in [0.05, 0.1) is 0 Å². The Kier molecular flexibility index (Phi) is 4.37. The summed E-state index contributed by atoms with van der Waals surface area (Å²) in [5, 5.41) is 0. The second kappa shape index (κ2) is 6.30. The van der Waals surface area contributed by atoms with Gasteiger partial charge in [0.15, 0.2) is 5.78 Å². The predicted molar refractivity (Wildman–Crippen MR) is 89.6 cm³/mol. The van der Waals surface area contributed by atoms with Crippen LogP contribution in [0.15, 0.2) is 18.3 Å². The zero-order valence-electron chi connectivity index (χ0n) is 14.0. The maximum absolute atomic E-state index is 11.9. The van der Waals surface area contributed by atoms with E-state index in [0.29, 0.717) is 23.3 Å². The third kappa shape index (κ3) is 3.23. The fraction of sp³-hybridized carbons (Fsp3) is 0.611. The average molecular weight is 315 g/mol. The Morgan fingerprint density at radius 1 is 1.26 bits per heavy atom. The van der Waals surface area contributed by atoms with Crippen LogP contribution < -0.4 is 4.90 Å². The van der Waals surface area contributed by atoms with Crippen LogP contribution in [0, 0.1) is 5.41 Å². The number of likely N-dealkylation sites (tertiary alicyclic amines) is 1. The third-order valence-corrected chi connectivity index (χ3v) is 5.43. The second-order valence-electron chi connectivity index (χ2n) is 6.86. The molecule has 0 radical (unpaired) electrons. The summed E-state index contributed by atoms with van der Waals surface area (Å²) in [6.07, 6.45) is 5.59. The number of hydrogen-bond acceptors (Lipinski definition) is 4. The highest BCUT2D eigenvalue weighted by molar-refractivity contribution is 5.93. The molecule has 0 N–H and O–H groups in total. The number of aromatic nitrogens is 1. The number of nitrogens with zero attached hydrogens (tertiary/aromatic N) is 3. The summed E-state index contributed by atoms with van der Waals surface area (Å²) in [6.45, 7) is 7.29. The summed E-state index contributed by atoms with van der Waals surface area (Å²) in [7, 11) is 0. The number of carbonyl (C=O) groups is 2. The molecule has 1 spiro atoms. The molecule has 3 heterocycles. The van der Waals surface area contributed by atoms with E-state index in [1.54, 1.807) is 13.1 Å². The molecule has 0 saturated carbocycles. The standard InChI is InChI=1S/C18H25N3O2/c1-3-20-13-18(7-6-17(20)23)8-10-21(11-9-18)16-5-4-15(12-19-16)14(2)22/h4-5,12H,3,6-11,13H2,1-2H3. The molecule has 0 aliphatic carbocycles. The molecule has 2 saturated heterocycles. The SMILES string of the molecule is CCN1CC2(CCC1=O)CCN(c1ccc(C(C)=O)cn1)CC2. The number of hydrogen-bond donors (Lipinski definition) is 0. The Balaban J connectivity index is 1.64. The van der Waals surface area contributed by atoms with Gasteiger partial charge in [-0.3, -0.25) is 9.59 Å². The van der Waals surface area contributed by atoms with Crippen molar-refractivity contribution in [2.45, 2.75) is 39.5 Å². The quantitative estimate of drug-likeness (QED) is 0.804. The van der Waals surface area contributed by atoms with Crippen molar-refractivity contribution in [1.82, 2.24) is 9.88 Å². The van der Waals surface area contributed by atoms with Crippen molar-refractivity contribution in [3.05, 3.63) is 23.9 Å². The van der Waals surface area contributed by atoms with Crippen LogP contribution >= 0.6 is 0 Å². The van der Waals surface area contributed by atoms with E-state index in [4.69, 9.17) is 0 Å². The lowest BCUT2D eigenvalue weighted by Gasteiger charge is -2.47. The minimum atomic E-state index is 0.0492. The maximum Gasteiger partial charge on any atom is 0.222 e. The number of amides is 1. The van der Waals surface area contributed by atoms with E-state index in [-0.39, 0.29) is 5.78 Å². The van der Waals surface area contributed by atoms with Gasteiger partial charge >= 0.3 is 0 Å². The van der Waals surface area contributed by atoms with Gasteiger partial charge in [-0.2, -0.15) is 0 Å². The van der Waals surface area contributed by atoms with Crippen molar-refractivity contribution in [3.63, 3.8) is 0 Å². The predicted octanol–water partition coefficient (Wildman–Crippen LogP) is 2.51. The Morgan fingerprint density at radius 3 is 2.57 bits per heavy atom. The molecule has 0 atom stereocenters. The van der Waals surface area contributed by atoms with Crippen LogP contribution in [0.2, 0.25) is 0 Å². The molecule has 2 aliphatic heterocycles. The first-order chi connectivity index (χ1) is 11.0. The Hall–Kier alpha value is -1.91. The van der Waals surface area contributed by atoms with Crippen LogP contribution in [0.1, 0.15) is 49.9 Å². The molecular formula is C18H25N3O2. The minimum absolute atomic E-state index is 0.0492. The van der Waals surface area contributed by atoms with Crippen LogP contribution in [-0.4, -0.2) is 47.8 Å². The lowest BCUT2D eigenvalue weighted by molar-refractivity contribution is -0.137. The molecule has 1 aromatic rings. The van der Waals surface area contributed by atoms with Crippen LogP contribution in [-0.2, 0) is 4.79 Å². The van der Waals surface area contributed by atoms with Gasteiger partial charge in [-0.05, 0) is 50.7 Å². The minimum Gasteiger partial charge on any atom is -0.357 e. The lowest BCUT2D eigenvalue weighted by Crippen LogP contribution is -2.51. The summed E-state index contributed by atoms with van der Waals surface area (Å²) in [6, 6.07) is 3.80. The fourth-order valence-electron chi connectivity index (χ4n) is 3.79. The van der Waals surface area contributed by atoms with Crippen molar-refractivity contribution < 1.29 is 9.59 Å². The molecule has 2 aliphatic rings. The van der Waals surface area contributed by atoms with Crippen molar-refractivity contribution in [3.8, 4) is 0 Å². The fourth-order valence-corrected chi connectivity index (χ4v) is 3.79. The Labute approximate surface area is 137 Å². The molecule has 0 aromatic carbocycles. The van der Waals surface area contributed by atoms with Gasteiger partial charge in [0.25, 0.3) is 0 Å². The normalized spacial score (nSPS) is 20.9. The lowest BCUT2D eigenvalue weighted by atomic mass is 9.72. The molecule has 1 aromatic heterocycles. The second-order valence-corrected chi connectivity index (χ2v) is 6.86. The molecule has 5 nitrogen and oxygen atoms in total. The highest BCUT2D eigenvalue weighted by Crippen LogP contribution is 2.40. The van der Waals surface area contributed by atoms with Crippen molar-refractivity contribution >= 4 is 17.5 Å². The molecule has 124 valence electrons. The first-order valence-electron chi connectivity index (χ1n) is 8.53. The molecule has 23 heavy (non-hydrogen) atoms. The van der Waals surface area contributed by atoms with Gasteiger partial charge in [0.1, 0.15) is 5.82 Å². The van der Waals surface area contributed by atoms with Gasteiger partial charge in [-0.1, -0.05) is 0 Å². The zero-order chi connectivity index (χ0) is 16.4. The highest BCUT2D eigenvalue weighted by Gasteiger charge is 2.40. The first-order valence-corrected chi connectivity index (χ1v) is 8.53. The zero-order valence-corrected chi connectivity index (χ0v) is 14.0. The summed E-state index contributed by atoms with van der Waals surface area (Å²) in [5.74, 6) is 1.30. The summed E-state index contributed by atoms with van der Waals surface area (Å²) in [4.78, 5) is 32.0. The monoisotopic (exact) mass is 315 g/mol. The van der Waals surface area contributed by atoms with E-state index in [1.165, 1.54) is 0 Å². The molecule has 2 fully saturated rings. The number of pyridine rings is 1. The van der Waals surface area contributed by atoms with E-state index in [1.807, 2.05) is 17.0 Å². The van der Waals surface area contributed by atoms with E-state index >= 15 is 0 Å². The van der Waals surface area contributed by atoms with Crippen molar-refractivity contribution in [1.29, 1.82) is 0 Å². The van der Waals surface area contributed by atoms with Crippen LogP contribution in [0.3, 0.4) is 0 Å². The first kappa shape index (κ1) is 16.0. The number of ketones is 1. The van der Waals surface area contributed by atoms with E-state index in [0.717, 1.165) is 51.3 Å². The molecular weight excluding hydrogens is 290 g/mol. The molecule has 3 rings (SSSR count).